The molecule has 1 aromatic heterocycles. The van der Waals surface area contributed by atoms with E-state index >= 15 is 0 Å². The van der Waals surface area contributed by atoms with Crippen LogP contribution in [-0.4, -0.2) is 15.3 Å². The van der Waals surface area contributed by atoms with Crippen molar-refractivity contribution in [2.45, 2.75) is 39.2 Å². The lowest BCUT2D eigenvalue weighted by Gasteiger charge is -2.21. The summed E-state index contributed by atoms with van der Waals surface area (Å²) in [5.74, 6) is 1.54. The number of nitrogens with one attached hydrogen (secondary N) is 1. The van der Waals surface area contributed by atoms with Crippen LogP contribution in [0.4, 0.5) is 0 Å². The van der Waals surface area contributed by atoms with Crippen LogP contribution in [0.3, 0.4) is 0 Å². The standard InChI is InChI=1S/C14H18N2O3/c1-8(17)12-6-15-14(19)16(13(12)18)7-11-5-9-2-3-10(11)4-9/h6,9-11H,2-5,7H2,1H3,(H,15,19). The number of aromatic amines is 1. The number of hydrogen-bond donors (Lipinski definition) is 1. The molecular weight excluding hydrogens is 244 g/mol. The molecule has 0 radical (unpaired) electrons. The van der Waals surface area contributed by atoms with Crippen molar-refractivity contribution in [3.63, 3.8) is 0 Å². The first-order valence-electron chi connectivity index (χ1n) is 6.89. The molecule has 2 fully saturated rings. The summed E-state index contributed by atoms with van der Waals surface area (Å²) in [6, 6.07) is 0. The van der Waals surface area contributed by atoms with Gasteiger partial charge in [0.1, 0.15) is 0 Å². The van der Waals surface area contributed by atoms with Gasteiger partial charge < -0.3 is 4.98 Å². The van der Waals surface area contributed by atoms with E-state index in [0.29, 0.717) is 18.4 Å². The molecule has 0 amide bonds. The van der Waals surface area contributed by atoms with Crippen LogP contribution in [0.5, 0.6) is 0 Å². The van der Waals surface area contributed by atoms with Crippen LogP contribution in [0.1, 0.15) is 43.0 Å². The van der Waals surface area contributed by atoms with E-state index in [1.807, 2.05) is 0 Å². The van der Waals surface area contributed by atoms with E-state index in [9.17, 15) is 14.4 Å². The van der Waals surface area contributed by atoms with E-state index in [4.69, 9.17) is 0 Å². The topological polar surface area (TPSA) is 71.9 Å². The fraction of sp³-hybridized carbons (Fsp3) is 0.643. The number of carbonyl (C=O) groups excluding carboxylic acids is 1. The van der Waals surface area contributed by atoms with Crippen LogP contribution in [0.2, 0.25) is 0 Å². The third kappa shape index (κ3) is 2.07. The van der Waals surface area contributed by atoms with Gasteiger partial charge in [-0.2, -0.15) is 0 Å². The first-order chi connectivity index (χ1) is 9.06. The minimum absolute atomic E-state index is 0.0720. The van der Waals surface area contributed by atoms with Crippen molar-refractivity contribution in [2.24, 2.45) is 17.8 Å². The first-order valence-corrected chi connectivity index (χ1v) is 6.89. The molecule has 0 aliphatic heterocycles. The molecule has 5 heteroatoms. The van der Waals surface area contributed by atoms with Gasteiger partial charge in [0, 0.05) is 12.7 Å². The number of fused-ring (bicyclic) bond motifs is 2. The van der Waals surface area contributed by atoms with Crippen molar-refractivity contribution in [3.05, 3.63) is 32.6 Å². The van der Waals surface area contributed by atoms with Crippen LogP contribution < -0.4 is 11.2 Å². The van der Waals surface area contributed by atoms with Crippen molar-refractivity contribution < 1.29 is 4.79 Å². The molecule has 2 saturated carbocycles. The zero-order chi connectivity index (χ0) is 13.6. The lowest BCUT2D eigenvalue weighted by atomic mass is 9.89. The molecule has 2 aliphatic carbocycles. The van der Waals surface area contributed by atoms with E-state index in [1.165, 1.54) is 37.0 Å². The summed E-state index contributed by atoms with van der Waals surface area (Å²) in [5, 5.41) is 0. The van der Waals surface area contributed by atoms with Gasteiger partial charge in [-0.05, 0) is 43.9 Å². The highest BCUT2D eigenvalue weighted by Crippen LogP contribution is 2.48. The number of carbonyl (C=O) groups is 1. The van der Waals surface area contributed by atoms with E-state index < -0.39 is 11.2 Å². The second-order valence-electron chi connectivity index (χ2n) is 5.91. The molecule has 1 N–H and O–H groups in total. The van der Waals surface area contributed by atoms with Crippen LogP contribution in [-0.2, 0) is 6.54 Å². The van der Waals surface area contributed by atoms with E-state index in [2.05, 4.69) is 4.98 Å². The van der Waals surface area contributed by atoms with Crippen LogP contribution in [0, 0.1) is 17.8 Å². The molecule has 102 valence electrons. The summed E-state index contributed by atoms with van der Waals surface area (Å²) in [5.41, 5.74) is -0.778. The predicted molar refractivity (Wildman–Crippen MR) is 70.3 cm³/mol. The first kappa shape index (κ1) is 12.4. The van der Waals surface area contributed by atoms with Crippen LogP contribution in [0.25, 0.3) is 0 Å². The van der Waals surface area contributed by atoms with E-state index in [-0.39, 0.29) is 11.3 Å². The molecule has 5 nitrogen and oxygen atoms in total. The Morgan fingerprint density at radius 1 is 1.37 bits per heavy atom. The summed E-state index contributed by atoms with van der Waals surface area (Å²) in [6.45, 7) is 1.80. The quantitative estimate of drug-likeness (QED) is 0.831. The third-order valence-corrected chi connectivity index (χ3v) is 4.74. The average Bonchev–Trinajstić information content (AvgIpc) is 2.96. The second kappa shape index (κ2) is 4.47. The molecule has 19 heavy (non-hydrogen) atoms. The molecule has 0 spiro atoms. The lowest BCUT2D eigenvalue weighted by Crippen LogP contribution is -2.40. The highest BCUT2D eigenvalue weighted by Gasteiger charge is 2.39. The second-order valence-corrected chi connectivity index (χ2v) is 5.91. The van der Waals surface area contributed by atoms with Gasteiger partial charge >= 0.3 is 5.69 Å². The zero-order valence-electron chi connectivity index (χ0n) is 11.0. The van der Waals surface area contributed by atoms with Gasteiger partial charge in [0.05, 0.1) is 5.56 Å². The number of H-pyrrole nitrogens is 1. The Hall–Kier alpha value is -1.65. The molecule has 3 atom stereocenters. The van der Waals surface area contributed by atoms with Gasteiger partial charge in [0.25, 0.3) is 5.56 Å². The van der Waals surface area contributed by atoms with Gasteiger partial charge in [0.2, 0.25) is 0 Å². The number of hydrogen-bond acceptors (Lipinski definition) is 3. The molecule has 0 saturated heterocycles. The van der Waals surface area contributed by atoms with Crippen molar-refractivity contribution >= 4 is 5.78 Å². The predicted octanol–water partition coefficient (Wildman–Crippen LogP) is 1.18. The summed E-state index contributed by atoms with van der Waals surface area (Å²) in [7, 11) is 0. The number of rotatable bonds is 3. The molecule has 3 unspecified atom stereocenters. The molecule has 1 heterocycles. The SMILES string of the molecule is CC(=O)c1c[nH]c(=O)n(CC2CC3CCC2C3)c1=O. The smallest absolute Gasteiger partial charge is 0.313 e. The summed E-state index contributed by atoms with van der Waals surface area (Å²) >= 11 is 0. The third-order valence-electron chi connectivity index (χ3n) is 4.74. The molecule has 2 bridgehead atoms. The number of aromatic nitrogens is 2. The fourth-order valence-corrected chi connectivity index (χ4v) is 3.76. The fourth-order valence-electron chi connectivity index (χ4n) is 3.76. The molecular formula is C14H18N2O3. The molecule has 1 aromatic rings. The van der Waals surface area contributed by atoms with Gasteiger partial charge in [0.15, 0.2) is 5.78 Å². The normalized spacial score (nSPS) is 28.8. The maximum atomic E-state index is 12.1. The zero-order valence-corrected chi connectivity index (χ0v) is 11.0. The summed E-state index contributed by atoms with van der Waals surface area (Å²) in [6.07, 6.45) is 6.09. The Balaban J connectivity index is 1.92. The number of ketones is 1. The minimum Gasteiger partial charge on any atom is -0.313 e. The van der Waals surface area contributed by atoms with Gasteiger partial charge in [-0.25, -0.2) is 4.79 Å². The largest absolute Gasteiger partial charge is 0.328 e. The lowest BCUT2D eigenvalue weighted by molar-refractivity contribution is 0.101. The van der Waals surface area contributed by atoms with Crippen LogP contribution >= 0.6 is 0 Å². The summed E-state index contributed by atoms with van der Waals surface area (Å²) < 4.78 is 1.21. The molecule has 2 aliphatic rings. The maximum Gasteiger partial charge on any atom is 0.328 e. The maximum absolute atomic E-state index is 12.1. The van der Waals surface area contributed by atoms with Crippen LogP contribution in [0.15, 0.2) is 15.8 Å². The average molecular weight is 262 g/mol. The Morgan fingerprint density at radius 2 is 2.16 bits per heavy atom. The minimum atomic E-state index is -0.445. The van der Waals surface area contributed by atoms with Crippen molar-refractivity contribution in [2.75, 3.05) is 0 Å². The van der Waals surface area contributed by atoms with E-state index in [0.717, 1.165) is 12.3 Å². The van der Waals surface area contributed by atoms with Gasteiger partial charge in [-0.1, -0.05) is 6.42 Å². The van der Waals surface area contributed by atoms with Crippen molar-refractivity contribution in [3.8, 4) is 0 Å². The highest BCUT2D eigenvalue weighted by atomic mass is 16.2. The molecule has 0 aromatic carbocycles. The van der Waals surface area contributed by atoms with Crippen molar-refractivity contribution in [1.29, 1.82) is 0 Å². The van der Waals surface area contributed by atoms with Gasteiger partial charge in [-0.3, -0.25) is 14.2 Å². The Labute approximate surface area is 110 Å². The van der Waals surface area contributed by atoms with Crippen molar-refractivity contribution in [1.82, 2.24) is 9.55 Å². The Bertz CT molecular complexity index is 628. The number of Topliss-reactive ketones (excluding diaryl/α,β-unsaturated/α-hetero) is 1. The van der Waals surface area contributed by atoms with E-state index in [1.54, 1.807) is 0 Å². The number of nitrogens with zero attached hydrogens (tertiary/aromatic N) is 1. The Kier molecular flexibility index (Phi) is 2.92. The highest BCUT2D eigenvalue weighted by molar-refractivity contribution is 5.93. The Morgan fingerprint density at radius 3 is 2.74 bits per heavy atom. The monoisotopic (exact) mass is 262 g/mol. The summed E-state index contributed by atoms with van der Waals surface area (Å²) in [4.78, 5) is 37.8. The molecule has 3 rings (SSSR count). The van der Waals surface area contributed by atoms with Gasteiger partial charge in [-0.15, -0.1) is 0 Å².